The van der Waals surface area contributed by atoms with Gasteiger partial charge in [-0.1, -0.05) is 51.9 Å². The molecule has 0 aromatic carbocycles. The van der Waals surface area contributed by atoms with Gasteiger partial charge in [0.15, 0.2) is 0 Å². The van der Waals surface area contributed by atoms with Crippen molar-refractivity contribution in [3.05, 3.63) is 0 Å². The maximum absolute atomic E-state index is 10.4. The average Bonchev–Trinajstić information content (AvgIpc) is 2.53. The summed E-state index contributed by atoms with van der Waals surface area (Å²) >= 11 is 0. The van der Waals surface area contributed by atoms with Crippen molar-refractivity contribution in [1.82, 2.24) is 0 Å². The number of hydrogen-bond acceptors (Lipinski definition) is 5. The predicted octanol–water partition coefficient (Wildman–Crippen LogP) is 2.28. The Bertz CT molecular complexity index is 261. The summed E-state index contributed by atoms with van der Waals surface area (Å²) in [4.78, 5) is 0. The van der Waals surface area contributed by atoms with Crippen molar-refractivity contribution in [2.75, 3.05) is 26.9 Å². The van der Waals surface area contributed by atoms with E-state index >= 15 is 0 Å². The van der Waals surface area contributed by atoms with E-state index in [9.17, 15) is 5.11 Å². The summed E-state index contributed by atoms with van der Waals surface area (Å²) in [7, 11) is 1.58. The van der Waals surface area contributed by atoms with Gasteiger partial charge in [-0.25, -0.2) is 0 Å². The highest BCUT2D eigenvalue weighted by Gasteiger charge is 2.39. The van der Waals surface area contributed by atoms with E-state index in [0.29, 0.717) is 6.61 Å². The van der Waals surface area contributed by atoms with Crippen molar-refractivity contribution in [2.24, 2.45) is 0 Å². The van der Waals surface area contributed by atoms with Gasteiger partial charge in [-0.05, 0) is 6.42 Å². The van der Waals surface area contributed by atoms with Crippen molar-refractivity contribution in [3.8, 4) is 0 Å². The molecule has 0 saturated carbocycles. The molecule has 4 atom stereocenters. The van der Waals surface area contributed by atoms with Crippen LogP contribution in [0.2, 0.25) is 0 Å². The van der Waals surface area contributed by atoms with Gasteiger partial charge in [-0.15, -0.1) is 0 Å². The number of aliphatic hydroxyl groups is 2. The third-order valence-electron chi connectivity index (χ3n) is 4.35. The second-order valence-corrected chi connectivity index (χ2v) is 6.11. The molecule has 0 bridgehead atoms. The second kappa shape index (κ2) is 12.3. The first-order valence-corrected chi connectivity index (χ1v) is 8.79. The molecule has 0 aliphatic carbocycles. The summed E-state index contributed by atoms with van der Waals surface area (Å²) < 4.78 is 16.6. The number of aliphatic hydroxyl groups excluding tert-OH is 2. The van der Waals surface area contributed by atoms with E-state index in [2.05, 4.69) is 6.92 Å². The van der Waals surface area contributed by atoms with Crippen LogP contribution in [0.3, 0.4) is 0 Å². The monoisotopic (exact) mass is 318 g/mol. The van der Waals surface area contributed by atoms with Crippen molar-refractivity contribution >= 4 is 0 Å². The Balaban J connectivity index is 2.22. The minimum atomic E-state index is -0.664. The van der Waals surface area contributed by atoms with Crippen LogP contribution in [0, 0.1) is 0 Å². The predicted molar refractivity (Wildman–Crippen MR) is 86.0 cm³/mol. The van der Waals surface area contributed by atoms with E-state index in [4.69, 9.17) is 19.3 Å². The lowest BCUT2D eigenvalue weighted by atomic mass is 9.95. The zero-order valence-electron chi connectivity index (χ0n) is 14.2. The van der Waals surface area contributed by atoms with Crippen LogP contribution < -0.4 is 0 Å². The smallest absolute Gasteiger partial charge is 0.114 e. The zero-order chi connectivity index (χ0) is 16.2. The minimum Gasteiger partial charge on any atom is -0.394 e. The highest BCUT2D eigenvalue weighted by Crippen LogP contribution is 2.24. The van der Waals surface area contributed by atoms with Crippen molar-refractivity contribution in [1.29, 1.82) is 0 Å². The normalized spacial score (nSPS) is 28.9. The van der Waals surface area contributed by atoms with Gasteiger partial charge in [0.05, 0.1) is 25.9 Å². The van der Waals surface area contributed by atoms with Crippen LogP contribution in [0.1, 0.15) is 58.3 Å². The Morgan fingerprint density at radius 1 is 1.09 bits per heavy atom. The fourth-order valence-corrected chi connectivity index (χ4v) is 3.04. The number of ether oxygens (including phenoxy) is 3. The molecule has 0 aromatic rings. The standard InChI is InChI=1S/C17H34O5/c1-3-4-5-6-7-8-9-10-14-16(19)17(20-2)15(13-22-14)21-12-11-18/h14-19H,3-13H2,1-2H3/t14-,15+,16+,17-/m0/s1. The molecule has 1 rings (SSSR count). The van der Waals surface area contributed by atoms with E-state index in [0.717, 1.165) is 12.8 Å². The average molecular weight is 318 g/mol. The van der Waals surface area contributed by atoms with Gasteiger partial charge in [-0.3, -0.25) is 0 Å². The van der Waals surface area contributed by atoms with Crippen LogP contribution in [0.15, 0.2) is 0 Å². The molecular weight excluding hydrogens is 284 g/mol. The summed E-state index contributed by atoms with van der Waals surface area (Å²) in [6, 6.07) is 0. The summed E-state index contributed by atoms with van der Waals surface area (Å²) in [6.45, 7) is 2.84. The molecule has 5 nitrogen and oxygen atoms in total. The number of methoxy groups -OCH3 is 1. The number of rotatable bonds is 12. The molecule has 1 fully saturated rings. The van der Waals surface area contributed by atoms with E-state index < -0.39 is 6.10 Å². The summed E-state index contributed by atoms with van der Waals surface area (Å²) in [5, 5.41) is 19.2. The first kappa shape index (κ1) is 19.8. The number of hydrogen-bond donors (Lipinski definition) is 2. The van der Waals surface area contributed by atoms with Crippen LogP contribution in [-0.2, 0) is 14.2 Å². The molecule has 1 aliphatic rings. The third kappa shape index (κ3) is 6.92. The summed E-state index contributed by atoms with van der Waals surface area (Å²) in [5.74, 6) is 0. The molecule has 2 N–H and O–H groups in total. The van der Waals surface area contributed by atoms with Gasteiger partial charge in [0.2, 0.25) is 0 Å². The van der Waals surface area contributed by atoms with Crippen LogP contribution in [0.25, 0.3) is 0 Å². The highest BCUT2D eigenvalue weighted by atomic mass is 16.6. The topological polar surface area (TPSA) is 68.2 Å². The SMILES string of the molecule is CCCCCCCCC[C@@H]1OC[C@@H](OCCO)[C@H](OC)[C@@H]1O. The van der Waals surface area contributed by atoms with Gasteiger partial charge >= 0.3 is 0 Å². The molecule has 1 saturated heterocycles. The molecule has 0 radical (unpaired) electrons. The maximum atomic E-state index is 10.4. The highest BCUT2D eigenvalue weighted by molar-refractivity contribution is 4.88. The lowest BCUT2D eigenvalue weighted by Gasteiger charge is -2.39. The van der Waals surface area contributed by atoms with E-state index in [1.165, 1.54) is 38.5 Å². The lowest BCUT2D eigenvalue weighted by molar-refractivity contribution is -0.212. The Kier molecular flexibility index (Phi) is 11.1. The Hall–Kier alpha value is -0.200. The van der Waals surface area contributed by atoms with Crippen molar-refractivity contribution in [2.45, 2.75) is 82.7 Å². The first-order valence-electron chi connectivity index (χ1n) is 8.79. The summed E-state index contributed by atoms with van der Waals surface area (Å²) in [6.07, 6.45) is 8.11. The second-order valence-electron chi connectivity index (χ2n) is 6.11. The Morgan fingerprint density at radius 3 is 2.41 bits per heavy atom. The maximum Gasteiger partial charge on any atom is 0.114 e. The van der Waals surface area contributed by atoms with Crippen LogP contribution in [0.5, 0.6) is 0 Å². The Morgan fingerprint density at radius 2 is 1.77 bits per heavy atom. The van der Waals surface area contributed by atoms with Gasteiger partial charge in [0.1, 0.15) is 18.3 Å². The fourth-order valence-electron chi connectivity index (χ4n) is 3.04. The molecule has 22 heavy (non-hydrogen) atoms. The molecule has 0 spiro atoms. The van der Waals surface area contributed by atoms with Crippen LogP contribution >= 0.6 is 0 Å². The van der Waals surface area contributed by atoms with Crippen molar-refractivity contribution in [3.63, 3.8) is 0 Å². The quantitative estimate of drug-likeness (QED) is 0.540. The van der Waals surface area contributed by atoms with Crippen LogP contribution in [-0.4, -0.2) is 61.6 Å². The molecule has 0 aromatic heterocycles. The molecule has 1 aliphatic heterocycles. The van der Waals surface area contributed by atoms with Gasteiger partial charge in [0, 0.05) is 7.11 Å². The molecule has 0 unspecified atom stereocenters. The lowest BCUT2D eigenvalue weighted by Crippen LogP contribution is -2.54. The molecule has 5 heteroatoms. The van der Waals surface area contributed by atoms with Gasteiger partial charge in [-0.2, -0.15) is 0 Å². The zero-order valence-corrected chi connectivity index (χ0v) is 14.2. The molecular formula is C17H34O5. The minimum absolute atomic E-state index is 0.0372. The van der Waals surface area contributed by atoms with Crippen molar-refractivity contribution < 1.29 is 24.4 Å². The molecule has 0 amide bonds. The van der Waals surface area contributed by atoms with Gasteiger partial charge < -0.3 is 24.4 Å². The van der Waals surface area contributed by atoms with E-state index in [1.807, 2.05) is 0 Å². The third-order valence-corrected chi connectivity index (χ3v) is 4.35. The molecule has 1 heterocycles. The summed E-state index contributed by atoms with van der Waals surface area (Å²) in [5.41, 5.74) is 0. The van der Waals surface area contributed by atoms with E-state index in [-0.39, 0.29) is 31.5 Å². The van der Waals surface area contributed by atoms with Gasteiger partial charge in [0.25, 0.3) is 0 Å². The Labute approximate surface area is 135 Å². The number of unbranched alkanes of at least 4 members (excludes halogenated alkanes) is 6. The molecule has 132 valence electrons. The van der Waals surface area contributed by atoms with Crippen LogP contribution in [0.4, 0.5) is 0 Å². The fraction of sp³-hybridized carbons (Fsp3) is 1.00. The van der Waals surface area contributed by atoms with E-state index in [1.54, 1.807) is 7.11 Å². The first-order chi connectivity index (χ1) is 10.7. The largest absolute Gasteiger partial charge is 0.394 e.